The molecule has 2 heterocycles. The van der Waals surface area contributed by atoms with Gasteiger partial charge in [-0.2, -0.15) is 4.31 Å². The fourth-order valence-electron chi connectivity index (χ4n) is 4.14. The lowest BCUT2D eigenvalue weighted by Gasteiger charge is -2.41. The molecule has 1 aromatic carbocycles. The molecule has 0 radical (unpaired) electrons. The average Bonchev–Trinajstić information content (AvgIpc) is 3.04. The Balaban J connectivity index is 1.62. The lowest BCUT2D eigenvalue weighted by molar-refractivity contribution is -0.169. The van der Waals surface area contributed by atoms with Gasteiger partial charge in [0.25, 0.3) is 5.92 Å². The highest BCUT2D eigenvalue weighted by Crippen LogP contribution is 2.56. The van der Waals surface area contributed by atoms with Crippen LogP contribution >= 0.6 is 15.9 Å². The van der Waals surface area contributed by atoms with Crippen LogP contribution in [0.1, 0.15) is 12.0 Å². The van der Waals surface area contributed by atoms with E-state index in [9.17, 15) is 30.8 Å². The fourth-order valence-corrected chi connectivity index (χ4v) is 6.19. The van der Waals surface area contributed by atoms with Crippen molar-refractivity contribution in [1.29, 1.82) is 0 Å². The number of carbonyl (C=O) groups excluding carboxylic acids is 1. The van der Waals surface area contributed by atoms with Crippen LogP contribution in [0.3, 0.4) is 0 Å². The molecule has 31 heavy (non-hydrogen) atoms. The van der Waals surface area contributed by atoms with Gasteiger partial charge in [-0.3, -0.25) is 4.79 Å². The number of nitrogens with zero attached hydrogens (tertiary/aromatic N) is 2. The third-order valence-electron chi connectivity index (χ3n) is 5.64. The lowest BCUT2D eigenvalue weighted by atomic mass is 9.69. The van der Waals surface area contributed by atoms with E-state index in [4.69, 9.17) is 0 Å². The van der Waals surface area contributed by atoms with Crippen molar-refractivity contribution in [3.05, 3.63) is 58.3 Å². The molecule has 1 aromatic heterocycles. The summed E-state index contributed by atoms with van der Waals surface area (Å²) in [6.45, 7) is -0.594. The predicted molar refractivity (Wildman–Crippen MR) is 104 cm³/mol. The molecular weight excluding hydrogens is 506 g/mol. The molecule has 12 heteroatoms. The van der Waals surface area contributed by atoms with Crippen LogP contribution < -0.4 is 5.32 Å². The van der Waals surface area contributed by atoms with Gasteiger partial charge in [0, 0.05) is 25.1 Å². The Morgan fingerprint density at radius 1 is 1.26 bits per heavy atom. The van der Waals surface area contributed by atoms with Crippen molar-refractivity contribution in [3.63, 3.8) is 0 Å². The number of amides is 1. The van der Waals surface area contributed by atoms with E-state index in [-0.39, 0.29) is 23.5 Å². The maximum absolute atomic E-state index is 14.3. The highest BCUT2D eigenvalue weighted by Gasteiger charge is 2.67. The molecule has 0 unspecified atom stereocenters. The molecule has 3 atom stereocenters. The van der Waals surface area contributed by atoms with Gasteiger partial charge in [0.05, 0.1) is 17.0 Å². The summed E-state index contributed by atoms with van der Waals surface area (Å²) < 4.78 is 82.8. The minimum absolute atomic E-state index is 0.0538. The smallest absolute Gasteiger partial charge is 0.253 e. The summed E-state index contributed by atoms with van der Waals surface area (Å²) in [7, 11) is -4.34. The Kier molecular flexibility index (Phi) is 5.59. The van der Waals surface area contributed by atoms with Gasteiger partial charge in [0.1, 0.15) is 22.3 Å². The van der Waals surface area contributed by atoms with E-state index >= 15 is 0 Å². The zero-order valence-electron chi connectivity index (χ0n) is 15.7. The molecule has 1 N–H and O–H groups in total. The van der Waals surface area contributed by atoms with Crippen LogP contribution in [0, 0.1) is 23.5 Å². The Morgan fingerprint density at radius 3 is 2.58 bits per heavy atom. The van der Waals surface area contributed by atoms with Crippen LogP contribution in [0.25, 0.3) is 0 Å². The SMILES string of the molecule is O=C(NCc1cc(Br)ncc1F)[C@@H]1[C@@H]2[C@H](CN1S(=O)(=O)c1ccc(F)cc1)CC2(F)F. The second-order valence-corrected chi connectivity index (χ2v) is 10.2. The summed E-state index contributed by atoms with van der Waals surface area (Å²) in [4.78, 5) is 16.3. The molecule has 1 saturated carbocycles. The van der Waals surface area contributed by atoms with Crippen LogP contribution in [0.2, 0.25) is 0 Å². The molecule has 4 rings (SSSR count). The Labute approximate surface area is 183 Å². The molecule has 0 spiro atoms. The van der Waals surface area contributed by atoms with Gasteiger partial charge in [-0.15, -0.1) is 0 Å². The molecule has 1 saturated heterocycles. The molecule has 0 bridgehead atoms. The Morgan fingerprint density at radius 2 is 1.94 bits per heavy atom. The van der Waals surface area contributed by atoms with E-state index in [2.05, 4.69) is 26.2 Å². The van der Waals surface area contributed by atoms with Crippen molar-refractivity contribution in [3.8, 4) is 0 Å². The van der Waals surface area contributed by atoms with Crippen LogP contribution in [0.5, 0.6) is 0 Å². The number of nitrogens with one attached hydrogen (secondary N) is 1. The van der Waals surface area contributed by atoms with Crippen molar-refractivity contribution < 1.29 is 30.8 Å². The number of pyridine rings is 1. The fraction of sp³-hybridized carbons (Fsp3) is 0.368. The largest absolute Gasteiger partial charge is 0.351 e. The second-order valence-electron chi connectivity index (χ2n) is 7.54. The molecule has 2 fully saturated rings. The van der Waals surface area contributed by atoms with Gasteiger partial charge >= 0.3 is 0 Å². The third-order valence-corrected chi connectivity index (χ3v) is 7.93. The first kappa shape index (κ1) is 22.2. The second kappa shape index (κ2) is 7.82. The van der Waals surface area contributed by atoms with Gasteiger partial charge < -0.3 is 5.32 Å². The first-order valence-corrected chi connectivity index (χ1v) is 11.5. The quantitative estimate of drug-likeness (QED) is 0.484. The zero-order chi connectivity index (χ0) is 22.6. The van der Waals surface area contributed by atoms with Crippen molar-refractivity contribution in [1.82, 2.24) is 14.6 Å². The van der Waals surface area contributed by atoms with E-state index in [1.807, 2.05) is 0 Å². The number of carbonyl (C=O) groups is 1. The van der Waals surface area contributed by atoms with E-state index in [0.717, 1.165) is 34.8 Å². The van der Waals surface area contributed by atoms with Gasteiger partial charge in [-0.05, 0) is 52.2 Å². The predicted octanol–water partition coefficient (Wildman–Crippen LogP) is 3.08. The topological polar surface area (TPSA) is 79.4 Å². The van der Waals surface area contributed by atoms with E-state index < -0.39 is 57.8 Å². The maximum atomic E-state index is 14.3. The number of hydrogen-bond acceptors (Lipinski definition) is 4. The highest BCUT2D eigenvalue weighted by atomic mass is 79.9. The molecule has 6 nitrogen and oxygen atoms in total. The van der Waals surface area contributed by atoms with Crippen molar-refractivity contribution in [2.45, 2.75) is 29.8 Å². The Hall–Kier alpha value is -2.05. The molecule has 166 valence electrons. The number of hydrogen-bond donors (Lipinski definition) is 1. The summed E-state index contributed by atoms with van der Waals surface area (Å²) in [5.41, 5.74) is 0.0538. The number of fused-ring (bicyclic) bond motifs is 1. The average molecular weight is 522 g/mol. The summed E-state index contributed by atoms with van der Waals surface area (Å²) in [5.74, 6) is -7.70. The monoisotopic (exact) mass is 521 g/mol. The van der Waals surface area contributed by atoms with Crippen LogP contribution in [0.15, 0.2) is 46.0 Å². The number of rotatable bonds is 5. The maximum Gasteiger partial charge on any atom is 0.253 e. The Bertz CT molecular complexity index is 1130. The van der Waals surface area contributed by atoms with Gasteiger partial charge in [0.2, 0.25) is 15.9 Å². The van der Waals surface area contributed by atoms with Crippen LogP contribution in [-0.2, 0) is 21.4 Å². The highest BCUT2D eigenvalue weighted by molar-refractivity contribution is 9.10. The van der Waals surface area contributed by atoms with E-state index in [1.54, 1.807) is 0 Å². The van der Waals surface area contributed by atoms with Gasteiger partial charge in [-0.1, -0.05) is 0 Å². The molecule has 1 aliphatic heterocycles. The van der Waals surface area contributed by atoms with Crippen LogP contribution in [0.4, 0.5) is 17.6 Å². The first-order valence-electron chi connectivity index (χ1n) is 9.23. The van der Waals surface area contributed by atoms with Gasteiger partial charge in [0.15, 0.2) is 0 Å². The molecular formula is C19H16BrF4N3O3S. The summed E-state index contributed by atoms with van der Waals surface area (Å²) in [5, 5.41) is 2.37. The number of sulfonamides is 1. The summed E-state index contributed by atoms with van der Waals surface area (Å²) >= 11 is 3.07. The van der Waals surface area contributed by atoms with Crippen molar-refractivity contribution in [2.24, 2.45) is 11.8 Å². The summed E-state index contributed by atoms with van der Waals surface area (Å²) in [6, 6.07) is 3.55. The van der Waals surface area contributed by atoms with Crippen molar-refractivity contribution in [2.75, 3.05) is 6.54 Å². The normalized spacial score (nSPS) is 25.0. The minimum Gasteiger partial charge on any atom is -0.351 e. The molecule has 2 aromatic rings. The lowest BCUT2D eigenvalue weighted by Crippen LogP contribution is -2.56. The number of halogens is 5. The number of alkyl halides is 2. The molecule has 1 amide bonds. The first-order chi connectivity index (χ1) is 14.5. The zero-order valence-corrected chi connectivity index (χ0v) is 18.1. The molecule has 2 aliphatic rings. The standard InChI is InChI=1S/C19H16BrF4N3O3S/c20-15-5-10(14(22)8-25-15)7-26-18(28)17-16-11(6-19(16,23)24)9-27(17)31(29,30)13-3-1-12(21)2-4-13/h1-5,8,11,16-17H,6-7,9H2,(H,26,28)/t11-,16-,17-/m0/s1. The summed E-state index contributed by atoms with van der Waals surface area (Å²) in [6.07, 6.45) is 0.408. The van der Waals surface area contributed by atoms with Gasteiger partial charge in [-0.25, -0.2) is 31.0 Å². The minimum atomic E-state index is -4.34. The third kappa shape index (κ3) is 3.96. The number of benzene rings is 1. The number of aromatic nitrogens is 1. The van der Waals surface area contributed by atoms with E-state index in [1.165, 1.54) is 6.07 Å². The molecule has 1 aliphatic carbocycles. The van der Waals surface area contributed by atoms with Crippen molar-refractivity contribution >= 4 is 31.9 Å². The van der Waals surface area contributed by atoms with Crippen LogP contribution in [-0.4, -0.2) is 42.1 Å². The van der Waals surface area contributed by atoms with E-state index in [0.29, 0.717) is 4.60 Å².